The molecule has 0 heterocycles. The monoisotopic (exact) mass is 327 g/mol. The summed E-state index contributed by atoms with van der Waals surface area (Å²) in [6.45, 7) is 2.21. The Balaban J connectivity index is 3.70. The van der Waals surface area contributed by atoms with Crippen molar-refractivity contribution >= 4 is 5.97 Å². The van der Waals surface area contributed by atoms with Gasteiger partial charge in [0.15, 0.2) is 0 Å². The van der Waals surface area contributed by atoms with Gasteiger partial charge in [-0.25, -0.2) is 0 Å². The van der Waals surface area contributed by atoms with Gasteiger partial charge in [0, 0.05) is 12.8 Å². The van der Waals surface area contributed by atoms with Gasteiger partial charge in [-0.15, -0.1) is 0 Å². The van der Waals surface area contributed by atoms with E-state index in [0.717, 1.165) is 25.7 Å². The summed E-state index contributed by atoms with van der Waals surface area (Å²) in [5, 5.41) is 19.5. The zero-order valence-electron chi connectivity index (χ0n) is 14.6. The summed E-state index contributed by atoms with van der Waals surface area (Å²) in [4.78, 5) is 21.1. The average Bonchev–Trinajstić information content (AvgIpc) is 2.50. The predicted molar refractivity (Wildman–Crippen MR) is 93.0 cm³/mol. The Morgan fingerprint density at radius 3 is 2.00 bits per heavy atom. The van der Waals surface area contributed by atoms with Crippen molar-refractivity contribution < 1.29 is 14.8 Å². The number of nitrogens with zero attached hydrogens (tertiary/aromatic N) is 1. The van der Waals surface area contributed by atoms with Gasteiger partial charge in [-0.2, -0.15) is 0 Å². The first-order valence-corrected chi connectivity index (χ1v) is 9.13. The molecule has 1 N–H and O–H groups in total. The van der Waals surface area contributed by atoms with Crippen molar-refractivity contribution in [2.45, 2.75) is 96.8 Å². The van der Waals surface area contributed by atoms with Crippen LogP contribution in [0.2, 0.25) is 0 Å². The Bertz CT molecular complexity index is 353. The first-order valence-electron chi connectivity index (χ1n) is 9.13. The Kier molecular flexibility index (Phi) is 14.6. The molecule has 0 bridgehead atoms. The second-order valence-corrected chi connectivity index (χ2v) is 6.17. The highest BCUT2D eigenvalue weighted by Gasteiger charge is 2.09. The molecular weight excluding hydrogens is 294 g/mol. The molecule has 0 aromatic heterocycles. The van der Waals surface area contributed by atoms with Gasteiger partial charge in [0.25, 0.3) is 0 Å². The third-order valence-corrected chi connectivity index (χ3v) is 4.00. The SMILES string of the molecule is CCCCCCCCCC/C(=C\CCCCCC(=O)O)[N+](=O)[O-]. The van der Waals surface area contributed by atoms with Crippen LogP contribution in [-0.4, -0.2) is 16.0 Å². The molecule has 0 aromatic rings. The number of hydrogen-bond acceptors (Lipinski definition) is 3. The highest BCUT2D eigenvalue weighted by molar-refractivity contribution is 5.66. The molecule has 0 saturated carbocycles. The largest absolute Gasteiger partial charge is 0.481 e. The molecule has 0 radical (unpaired) electrons. The molecule has 0 aliphatic rings. The van der Waals surface area contributed by atoms with Crippen molar-refractivity contribution in [3.05, 3.63) is 21.9 Å². The summed E-state index contributed by atoms with van der Waals surface area (Å²) >= 11 is 0. The minimum Gasteiger partial charge on any atom is -0.481 e. The molecule has 0 saturated heterocycles. The van der Waals surface area contributed by atoms with E-state index in [9.17, 15) is 14.9 Å². The van der Waals surface area contributed by atoms with E-state index in [1.807, 2.05) is 0 Å². The average molecular weight is 327 g/mol. The maximum Gasteiger partial charge on any atom is 0.303 e. The second kappa shape index (κ2) is 15.5. The van der Waals surface area contributed by atoms with Crippen LogP contribution in [-0.2, 0) is 4.79 Å². The Morgan fingerprint density at radius 2 is 1.43 bits per heavy atom. The molecule has 0 spiro atoms. The molecule has 134 valence electrons. The molecular formula is C18H33NO4. The first-order chi connectivity index (χ1) is 11.1. The van der Waals surface area contributed by atoms with Crippen molar-refractivity contribution in [3.63, 3.8) is 0 Å². The summed E-state index contributed by atoms with van der Waals surface area (Å²) < 4.78 is 0. The maximum absolute atomic E-state index is 11.0. The van der Waals surface area contributed by atoms with E-state index in [1.54, 1.807) is 6.08 Å². The smallest absolute Gasteiger partial charge is 0.303 e. The van der Waals surface area contributed by atoms with Crippen LogP contribution in [0.4, 0.5) is 0 Å². The lowest BCUT2D eigenvalue weighted by atomic mass is 10.1. The van der Waals surface area contributed by atoms with Gasteiger partial charge in [0.05, 0.1) is 4.92 Å². The Morgan fingerprint density at radius 1 is 0.913 bits per heavy atom. The number of aliphatic carboxylic acids is 1. The third-order valence-electron chi connectivity index (χ3n) is 4.00. The zero-order chi connectivity index (χ0) is 17.3. The van der Waals surface area contributed by atoms with Crippen molar-refractivity contribution in [2.24, 2.45) is 0 Å². The molecule has 5 nitrogen and oxygen atoms in total. The molecule has 0 unspecified atom stereocenters. The minimum atomic E-state index is -0.777. The normalized spacial score (nSPS) is 11.6. The van der Waals surface area contributed by atoms with Crippen LogP contribution in [0.3, 0.4) is 0 Å². The third kappa shape index (κ3) is 15.3. The fraction of sp³-hybridized carbons (Fsp3) is 0.833. The molecule has 0 atom stereocenters. The summed E-state index contributed by atoms with van der Waals surface area (Å²) in [5.41, 5.74) is 0.328. The molecule has 23 heavy (non-hydrogen) atoms. The lowest BCUT2D eigenvalue weighted by molar-refractivity contribution is -0.428. The Labute approximate surface area is 140 Å². The fourth-order valence-electron chi connectivity index (χ4n) is 2.57. The molecule has 0 amide bonds. The lowest BCUT2D eigenvalue weighted by Gasteiger charge is -2.02. The van der Waals surface area contributed by atoms with Gasteiger partial charge in [0.1, 0.15) is 0 Å². The Hall–Kier alpha value is -1.39. The van der Waals surface area contributed by atoms with Crippen LogP contribution in [0.25, 0.3) is 0 Å². The van der Waals surface area contributed by atoms with Crippen LogP contribution in [0.5, 0.6) is 0 Å². The highest BCUT2D eigenvalue weighted by Crippen LogP contribution is 2.15. The zero-order valence-corrected chi connectivity index (χ0v) is 14.6. The van der Waals surface area contributed by atoms with Crippen molar-refractivity contribution in [1.29, 1.82) is 0 Å². The van der Waals surface area contributed by atoms with Gasteiger partial charge in [-0.3, -0.25) is 14.9 Å². The van der Waals surface area contributed by atoms with E-state index in [0.29, 0.717) is 25.0 Å². The molecule has 0 aliphatic heterocycles. The summed E-state index contributed by atoms with van der Waals surface area (Å²) in [6.07, 6.45) is 14.9. The van der Waals surface area contributed by atoms with Crippen molar-refractivity contribution in [3.8, 4) is 0 Å². The number of hydrogen-bond donors (Lipinski definition) is 1. The predicted octanol–water partition coefficient (Wildman–Crippen LogP) is 5.71. The topological polar surface area (TPSA) is 80.4 Å². The number of nitro groups is 1. The van der Waals surface area contributed by atoms with Gasteiger partial charge >= 0.3 is 5.97 Å². The lowest BCUT2D eigenvalue weighted by Crippen LogP contribution is -1.99. The number of unbranched alkanes of at least 4 members (excludes halogenated alkanes) is 10. The fourth-order valence-corrected chi connectivity index (χ4v) is 2.57. The highest BCUT2D eigenvalue weighted by atomic mass is 16.6. The van der Waals surface area contributed by atoms with E-state index in [4.69, 9.17) is 5.11 Å². The number of allylic oxidation sites excluding steroid dienone is 2. The van der Waals surface area contributed by atoms with Gasteiger partial charge in [-0.1, -0.05) is 58.3 Å². The van der Waals surface area contributed by atoms with Crippen LogP contribution < -0.4 is 0 Å². The number of carbonyl (C=O) groups is 1. The number of rotatable bonds is 16. The quantitative estimate of drug-likeness (QED) is 0.223. The summed E-state index contributed by atoms with van der Waals surface area (Å²) in [5.74, 6) is -0.777. The van der Waals surface area contributed by atoms with Crippen LogP contribution >= 0.6 is 0 Å². The molecule has 0 fully saturated rings. The van der Waals surface area contributed by atoms with E-state index in [1.165, 1.54) is 38.5 Å². The second-order valence-electron chi connectivity index (χ2n) is 6.17. The van der Waals surface area contributed by atoms with Crippen LogP contribution in [0.15, 0.2) is 11.8 Å². The minimum absolute atomic E-state index is 0.185. The standard InChI is InChI=1S/C18H33NO4/c1-2-3-4-5-6-7-8-11-14-17(19(22)23)15-12-9-10-13-16-18(20)21/h15H,2-14,16H2,1H3,(H,20,21)/b17-15+. The van der Waals surface area contributed by atoms with Crippen LogP contribution in [0, 0.1) is 10.1 Å². The van der Waals surface area contributed by atoms with E-state index in [-0.39, 0.29) is 11.3 Å². The van der Waals surface area contributed by atoms with E-state index < -0.39 is 5.97 Å². The molecule has 0 aromatic carbocycles. The van der Waals surface area contributed by atoms with E-state index in [2.05, 4.69) is 6.92 Å². The van der Waals surface area contributed by atoms with Crippen LogP contribution in [0.1, 0.15) is 96.8 Å². The number of carboxylic acid groups (broad SMARTS) is 1. The first kappa shape index (κ1) is 21.6. The molecule has 0 aliphatic carbocycles. The number of carboxylic acids is 1. The van der Waals surface area contributed by atoms with Gasteiger partial charge < -0.3 is 5.11 Å². The molecule has 0 rings (SSSR count). The van der Waals surface area contributed by atoms with Crippen molar-refractivity contribution in [1.82, 2.24) is 0 Å². The van der Waals surface area contributed by atoms with Crippen molar-refractivity contribution in [2.75, 3.05) is 0 Å². The molecule has 5 heteroatoms. The summed E-state index contributed by atoms with van der Waals surface area (Å²) in [7, 11) is 0. The van der Waals surface area contributed by atoms with Gasteiger partial charge in [-0.05, 0) is 31.8 Å². The summed E-state index contributed by atoms with van der Waals surface area (Å²) in [6, 6.07) is 0. The van der Waals surface area contributed by atoms with E-state index >= 15 is 0 Å². The van der Waals surface area contributed by atoms with Gasteiger partial charge in [0.2, 0.25) is 5.70 Å². The maximum atomic E-state index is 11.0.